The third-order valence-electron chi connectivity index (χ3n) is 4.14. The van der Waals surface area contributed by atoms with Gasteiger partial charge in [-0.05, 0) is 25.5 Å². The van der Waals surface area contributed by atoms with E-state index in [1.165, 1.54) is 0 Å². The van der Waals surface area contributed by atoms with E-state index in [9.17, 15) is 4.79 Å². The molecule has 0 spiro atoms. The second-order valence-electron chi connectivity index (χ2n) is 5.70. The Labute approximate surface area is 135 Å². The number of aromatic nitrogens is 2. The Morgan fingerprint density at radius 2 is 2.35 bits per heavy atom. The monoisotopic (exact) mass is 314 g/mol. The number of nitrogens with one attached hydrogen (secondary N) is 2. The van der Waals surface area contributed by atoms with Crippen molar-refractivity contribution in [2.75, 3.05) is 20.2 Å². The predicted octanol–water partition coefficient (Wildman–Crippen LogP) is 1.75. The minimum atomic E-state index is -0.120. The van der Waals surface area contributed by atoms with Gasteiger partial charge in [0.1, 0.15) is 5.75 Å². The van der Waals surface area contributed by atoms with Gasteiger partial charge in [-0.1, -0.05) is 18.2 Å². The van der Waals surface area contributed by atoms with Crippen molar-refractivity contribution in [1.29, 1.82) is 0 Å². The molecule has 0 radical (unpaired) electrons. The van der Waals surface area contributed by atoms with Gasteiger partial charge in [0.2, 0.25) is 0 Å². The van der Waals surface area contributed by atoms with Crippen molar-refractivity contribution in [3.05, 3.63) is 47.8 Å². The van der Waals surface area contributed by atoms with Gasteiger partial charge in [0.15, 0.2) is 0 Å². The van der Waals surface area contributed by atoms with Gasteiger partial charge in [-0.3, -0.25) is 9.48 Å². The maximum Gasteiger partial charge on any atom is 0.254 e. The Kier molecular flexibility index (Phi) is 4.92. The van der Waals surface area contributed by atoms with Gasteiger partial charge >= 0.3 is 0 Å². The van der Waals surface area contributed by atoms with Crippen LogP contribution in [0.25, 0.3) is 0 Å². The molecule has 1 aliphatic rings. The quantitative estimate of drug-likeness (QED) is 0.882. The van der Waals surface area contributed by atoms with E-state index in [1.807, 2.05) is 35.1 Å². The summed E-state index contributed by atoms with van der Waals surface area (Å²) >= 11 is 0. The van der Waals surface area contributed by atoms with Crippen molar-refractivity contribution in [3.8, 4) is 5.75 Å². The summed E-state index contributed by atoms with van der Waals surface area (Å²) in [6.07, 6.45) is 5.69. The first-order chi connectivity index (χ1) is 11.3. The number of para-hydroxylation sites is 1. The second kappa shape index (κ2) is 7.28. The molecule has 0 aliphatic carbocycles. The fraction of sp³-hybridized carbons (Fsp3) is 0.412. The maximum atomic E-state index is 12.3. The van der Waals surface area contributed by atoms with E-state index >= 15 is 0 Å². The number of carbonyl (C=O) groups excluding carboxylic acids is 1. The zero-order valence-corrected chi connectivity index (χ0v) is 13.3. The molecule has 2 heterocycles. The molecule has 122 valence electrons. The van der Waals surface area contributed by atoms with Crippen LogP contribution < -0.4 is 15.4 Å². The third kappa shape index (κ3) is 3.71. The molecule has 1 atom stereocenters. The molecule has 1 saturated heterocycles. The van der Waals surface area contributed by atoms with Crippen molar-refractivity contribution in [2.45, 2.75) is 25.4 Å². The number of piperidine rings is 1. The van der Waals surface area contributed by atoms with E-state index in [-0.39, 0.29) is 5.91 Å². The number of benzene rings is 1. The highest BCUT2D eigenvalue weighted by Crippen LogP contribution is 2.18. The molecule has 1 aromatic carbocycles. The van der Waals surface area contributed by atoms with Gasteiger partial charge in [0, 0.05) is 24.8 Å². The minimum Gasteiger partial charge on any atom is -0.496 e. The van der Waals surface area contributed by atoms with Crippen LogP contribution in [0.2, 0.25) is 0 Å². The van der Waals surface area contributed by atoms with E-state index in [2.05, 4.69) is 15.7 Å². The Morgan fingerprint density at radius 3 is 3.13 bits per heavy atom. The second-order valence-corrected chi connectivity index (χ2v) is 5.70. The Bertz CT molecular complexity index is 662. The van der Waals surface area contributed by atoms with E-state index in [0.29, 0.717) is 18.2 Å². The number of nitrogens with zero attached hydrogens (tertiary/aromatic N) is 2. The highest BCUT2D eigenvalue weighted by molar-refractivity contribution is 5.93. The number of methoxy groups -OCH3 is 1. The maximum absolute atomic E-state index is 12.3. The summed E-state index contributed by atoms with van der Waals surface area (Å²) in [7, 11) is 1.63. The molecular formula is C17H22N4O2. The first-order valence-corrected chi connectivity index (χ1v) is 7.93. The van der Waals surface area contributed by atoms with Crippen molar-refractivity contribution in [3.63, 3.8) is 0 Å². The average Bonchev–Trinajstić information content (AvgIpc) is 3.11. The molecule has 1 aliphatic heterocycles. The molecule has 0 bridgehead atoms. The lowest BCUT2D eigenvalue weighted by Crippen LogP contribution is -2.31. The molecule has 1 fully saturated rings. The Balaban J connectivity index is 1.61. The zero-order chi connectivity index (χ0) is 16.1. The van der Waals surface area contributed by atoms with Crippen LogP contribution in [0.4, 0.5) is 0 Å². The highest BCUT2D eigenvalue weighted by atomic mass is 16.5. The Hall–Kier alpha value is -2.34. The summed E-state index contributed by atoms with van der Waals surface area (Å²) in [4.78, 5) is 12.3. The van der Waals surface area contributed by atoms with Crippen LogP contribution in [0, 0.1) is 0 Å². The summed E-state index contributed by atoms with van der Waals surface area (Å²) in [6, 6.07) is 8.00. The first-order valence-electron chi connectivity index (χ1n) is 7.93. The van der Waals surface area contributed by atoms with Gasteiger partial charge in [-0.2, -0.15) is 5.10 Å². The normalized spacial score (nSPS) is 17.7. The molecular weight excluding hydrogens is 292 g/mol. The lowest BCUT2D eigenvalue weighted by molar-refractivity contribution is 0.0950. The zero-order valence-electron chi connectivity index (χ0n) is 13.3. The van der Waals surface area contributed by atoms with Gasteiger partial charge in [0.25, 0.3) is 5.91 Å². The fourth-order valence-corrected chi connectivity index (χ4v) is 2.84. The van der Waals surface area contributed by atoms with Crippen molar-refractivity contribution < 1.29 is 9.53 Å². The van der Waals surface area contributed by atoms with Crippen LogP contribution in [-0.4, -0.2) is 35.9 Å². The lowest BCUT2D eigenvalue weighted by Gasteiger charge is -2.22. The van der Waals surface area contributed by atoms with Crippen LogP contribution in [0.1, 0.15) is 34.8 Å². The number of amides is 1. The van der Waals surface area contributed by atoms with Crippen LogP contribution >= 0.6 is 0 Å². The van der Waals surface area contributed by atoms with Crippen molar-refractivity contribution >= 4 is 5.91 Å². The summed E-state index contributed by atoms with van der Waals surface area (Å²) in [5.74, 6) is 0.655. The van der Waals surface area contributed by atoms with E-state index in [0.717, 1.165) is 37.2 Å². The topological polar surface area (TPSA) is 68.2 Å². The molecule has 1 amide bonds. The van der Waals surface area contributed by atoms with Gasteiger partial charge in [-0.15, -0.1) is 0 Å². The van der Waals surface area contributed by atoms with Crippen LogP contribution in [-0.2, 0) is 6.54 Å². The van der Waals surface area contributed by atoms with Crippen LogP contribution in [0.3, 0.4) is 0 Å². The standard InChI is InChI=1S/C17H22N4O2/c1-23-16-7-3-2-5-13(16)9-19-17(22)14-10-20-21(12-14)15-6-4-8-18-11-15/h2-3,5,7,10,12,15,18H,4,6,8-9,11H2,1H3,(H,19,22). The molecule has 0 saturated carbocycles. The summed E-state index contributed by atoms with van der Waals surface area (Å²) in [5.41, 5.74) is 1.54. The van der Waals surface area contributed by atoms with E-state index in [1.54, 1.807) is 13.3 Å². The Morgan fingerprint density at radius 1 is 1.48 bits per heavy atom. The van der Waals surface area contributed by atoms with E-state index < -0.39 is 0 Å². The molecule has 2 N–H and O–H groups in total. The molecule has 23 heavy (non-hydrogen) atoms. The number of ether oxygens (including phenoxy) is 1. The molecule has 1 aromatic heterocycles. The molecule has 6 nitrogen and oxygen atoms in total. The molecule has 2 aromatic rings. The van der Waals surface area contributed by atoms with Gasteiger partial charge in [-0.25, -0.2) is 0 Å². The number of carbonyl (C=O) groups is 1. The predicted molar refractivity (Wildman–Crippen MR) is 87.5 cm³/mol. The van der Waals surface area contributed by atoms with Crippen molar-refractivity contribution in [1.82, 2.24) is 20.4 Å². The van der Waals surface area contributed by atoms with Gasteiger partial charge < -0.3 is 15.4 Å². The van der Waals surface area contributed by atoms with Crippen LogP contribution in [0.5, 0.6) is 5.75 Å². The lowest BCUT2D eigenvalue weighted by atomic mass is 10.1. The molecule has 1 unspecified atom stereocenters. The summed E-state index contributed by atoms with van der Waals surface area (Å²) < 4.78 is 7.19. The fourth-order valence-electron chi connectivity index (χ4n) is 2.84. The number of rotatable bonds is 5. The van der Waals surface area contributed by atoms with Gasteiger partial charge in [0.05, 0.1) is 24.9 Å². The number of hydrogen-bond donors (Lipinski definition) is 2. The summed E-state index contributed by atoms with van der Waals surface area (Å²) in [5, 5.41) is 10.6. The van der Waals surface area contributed by atoms with Crippen molar-refractivity contribution in [2.24, 2.45) is 0 Å². The average molecular weight is 314 g/mol. The first kappa shape index (κ1) is 15.6. The van der Waals surface area contributed by atoms with Crippen LogP contribution in [0.15, 0.2) is 36.7 Å². The largest absolute Gasteiger partial charge is 0.496 e. The number of hydrogen-bond acceptors (Lipinski definition) is 4. The third-order valence-corrected chi connectivity index (χ3v) is 4.14. The highest BCUT2D eigenvalue weighted by Gasteiger charge is 2.17. The molecule has 6 heteroatoms. The summed E-state index contributed by atoms with van der Waals surface area (Å²) in [6.45, 7) is 2.40. The van der Waals surface area contributed by atoms with E-state index in [4.69, 9.17) is 4.74 Å². The minimum absolute atomic E-state index is 0.120. The SMILES string of the molecule is COc1ccccc1CNC(=O)c1cnn(C2CCCNC2)c1. The smallest absolute Gasteiger partial charge is 0.254 e. The molecule has 3 rings (SSSR count).